The van der Waals surface area contributed by atoms with Crippen molar-refractivity contribution < 1.29 is 8.78 Å². The van der Waals surface area contributed by atoms with Crippen molar-refractivity contribution in [2.75, 3.05) is 0 Å². The van der Waals surface area contributed by atoms with Gasteiger partial charge in [0.15, 0.2) is 0 Å². The van der Waals surface area contributed by atoms with Gasteiger partial charge in [-0.1, -0.05) is 38.7 Å². The topological polar surface area (TPSA) is 26.0 Å². The van der Waals surface area contributed by atoms with Gasteiger partial charge in [-0.25, -0.2) is 8.78 Å². The van der Waals surface area contributed by atoms with E-state index < -0.39 is 17.7 Å². The fraction of sp³-hybridized carbons (Fsp3) is 0.647. The lowest BCUT2D eigenvalue weighted by Crippen LogP contribution is -2.28. The van der Waals surface area contributed by atoms with Crippen LogP contribution in [0, 0.1) is 30.4 Å². The Morgan fingerprint density at radius 1 is 1.20 bits per heavy atom. The summed E-state index contributed by atoms with van der Waals surface area (Å²) in [5, 5.41) is 0. The molecule has 0 radical (unpaired) electrons. The molecule has 1 unspecified atom stereocenters. The van der Waals surface area contributed by atoms with Crippen LogP contribution in [0.4, 0.5) is 8.78 Å². The smallest absolute Gasteiger partial charge is 0.133 e. The number of hydrogen-bond donors (Lipinski definition) is 1. The molecule has 1 fully saturated rings. The fourth-order valence-electron chi connectivity index (χ4n) is 3.46. The molecule has 1 atom stereocenters. The average Bonchev–Trinajstić information content (AvgIpc) is 2.44. The van der Waals surface area contributed by atoms with Gasteiger partial charge in [-0.05, 0) is 43.2 Å². The van der Waals surface area contributed by atoms with E-state index >= 15 is 0 Å². The van der Waals surface area contributed by atoms with Crippen molar-refractivity contribution >= 4 is 0 Å². The molecule has 3 heteroatoms. The first kappa shape index (κ1) is 15.4. The van der Waals surface area contributed by atoms with Crippen LogP contribution in [0.15, 0.2) is 12.1 Å². The Morgan fingerprint density at radius 3 is 2.45 bits per heavy atom. The third kappa shape index (κ3) is 3.20. The minimum Gasteiger partial charge on any atom is -0.324 e. The normalized spacial score (nSPS) is 24.6. The molecule has 0 aliphatic heterocycles. The molecule has 1 nitrogen and oxygen atoms in total. The molecule has 0 heterocycles. The standard InChI is InChI=1S/C17H25F2N/c1-3-4-12-6-8-13(9-7-12)17(20)15-14(18)10-5-11(2)16(15)19/h5,10,12-13,17H,3-4,6-9,20H2,1-2H3. The van der Waals surface area contributed by atoms with Crippen LogP contribution in [0.1, 0.15) is 62.6 Å². The Hall–Kier alpha value is -0.960. The van der Waals surface area contributed by atoms with Crippen LogP contribution in [0.2, 0.25) is 0 Å². The minimum absolute atomic E-state index is 0.0870. The van der Waals surface area contributed by atoms with Gasteiger partial charge in [-0.3, -0.25) is 0 Å². The van der Waals surface area contributed by atoms with Gasteiger partial charge < -0.3 is 5.73 Å². The molecule has 0 amide bonds. The third-order valence-corrected chi connectivity index (χ3v) is 4.75. The highest BCUT2D eigenvalue weighted by Crippen LogP contribution is 2.38. The van der Waals surface area contributed by atoms with Crippen molar-refractivity contribution in [3.05, 3.63) is 34.9 Å². The number of hydrogen-bond acceptors (Lipinski definition) is 1. The Balaban J connectivity index is 2.09. The summed E-state index contributed by atoms with van der Waals surface area (Å²) in [6.07, 6.45) is 6.72. The monoisotopic (exact) mass is 281 g/mol. The SMILES string of the molecule is CCCC1CCC(C(N)c2c(F)ccc(C)c2F)CC1. The molecule has 0 spiro atoms. The van der Waals surface area contributed by atoms with Crippen LogP contribution >= 0.6 is 0 Å². The first-order valence-corrected chi connectivity index (χ1v) is 7.74. The highest BCUT2D eigenvalue weighted by Gasteiger charge is 2.29. The summed E-state index contributed by atoms with van der Waals surface area (Å²) in [7, 11) is 0. The second-order valence-corrected chi connectivity index (χ2v) is 6.19. The Morgan fingerprint density at radius 2 is 1.85 bits per heavy atom. The zero-order valence-electron chi connectivity index (χ0n) is 12.5. The molecule has 1 aromatic rings. The second-order valence-electron chi connectivity index (χ2n) is 6.19. The van der Waals surface area contributed by atoms with Gasteiger partial charge in [0.2, 0.25) is 0 Å². The first-order chi connectivity index (χ1) is 9.54. The van der Waals surface area contributed by atoms with E-state index in [1.807, 2.05) is 0 Å². The first-order valence-electron chi connectivity index (χ1n) is 7.74. The molecular weight excluding hydrogens is 256 g/mol. The van der Waals surface area contributed by atoms with Crippen molar-refractivity contribution in [1.29, 1.82) is 0 Å². The molecule has 0 bridgehead atoms. The van der Waals surface area contributed by atoms with Crippen LogP contribution in [-0.2, 0) is 0 Å². The van der Waals surface area contributed by atoms with Crippen molar-refractivity contribution in [2.24, 2.45) is 17.6 Å². The zero-order chi connectivity index (χ0) is 14.7. The summed E-state index contributed by atoms with van der Waals surface area (Å²) < 4.78 is 28.1. The van der Waals surface area contributed by atoms with E-state index in [2.05, 4.69) is 6.92 Å². The van der Waals surface area contributed by atoms with Gasteiger partial charge >= 0.3 is 0 Å². The van der Waals surface area contributed by atoms with E-state index in [1.165, 1.54) is 25.0 Å². The Kier molecular flexibility index (Phi) is 5.14. The molecule has 1 aliphatic carbocycles. The van der Waals surface area contributed by atoms with Gasteiger partial charge in [0.25, 0.3) is 0 Å². The zero-order valence-corrected chi connectivity index (χ0v) is 12.5. The third-order valence-electron chi connectivity index (χ3n) is 4.75. The summed E-state index contributed by atoms with van der Waals surface area (Å²) >= 11 is 0. The number of aryl methyl sites for hydroxylation is 1. The Labute approximate surface area is 120 Å². The second kappa shape index (κ2) is 6.66. The summed E-state index contributed by atoms with van der Waals surface area (Å²) in [4.78, 5) is 0. The van der Waals surface area contributed by atoms with Crippen LogP contribution in [0.5, 0.6) is 0 Å². The van der Waals surface area contributed by atoms with Crippen molar-refractivity contribution in [3.63, 3.8) is 0 Å². The van der Waals surface area contributed by atoms with E-state index in [0.29, 0.717) is 5.56 Å². The number of nitrogens with two attached hydrogens (primary N) is 1. The molecule has 1 aliphatic rings. The van der Waals surface area contributed by atoms with Crippen LogP contribution in [0.3, 0.4) is 0 Å². The lowest BCUT2D eigenvalue weighted by atomic mass is 9.75. The molecule has 112 valence electrons. The highest BCUT2D eigenvalue weighted by atomic mass is 19.1. The fourth-order valence-corrected chi connectivity index (χ4v) is 3.46. The van der Waals surface area contributed by atoms with Crippen LogP contribution in [-0.4, -0.2) is 0 Å². The number of rotatable bonds is 4. The summed E-state index contributed by atoms with van der Waals surface area (Å²) in [5.41, 5.74) is 6.74. The quantitative estimate of drug-likeness (QED) is 0.836. The molecule has 2 N–H and O–H groups in total. The number of halogens is 2. The molecule has 20 heavy (non-hydrogen) atoms. The van der Waals surface area contributed by atoms with E-state index in [4.69, 9.17) is 5.73 Å². The lowest BCUT2D eigenvalue weighted by Gasteiger charge is -2.32. The lowest BCUT2D eigenvalue weighted by molar-refractivity contribution is 0.230. The van der Waals surface area contributed by atoms with Gasteiger partial charge in [-0.2, -0.15) is 0 Å². The largest absolute Gasteiger partial charge is 0.324 e. The van der Waals surface area contributed by atoms with E-state index in [0.717, 1.165) is 31.6 Å². The summed E-state index contributed by atoms with van der Waals surface area (Å²) in [6, 6.07) is 2.28. The molecule has 2 rings (SSSR count). The van der Waals surface area contributed by atoms with E-state index in [-0.39, 0.29) is 11.5 Å². The number of benzene rings is 1. The molecule has 1 aromatic carbocycles. The molecular formula is C17H25F2N. The van der Waals surface area contributed by atoms with Crippen LogP contribution in [0.25, 0.3) is 0 Å². The molecule has 1 saturated carbocycles. The van der Waals surface area contributed by atoms with Crippen molar-refractivity contribution in [3.8, 4) is 0 Å². The average molecular weight is 281 g/mol. The molecule has 0 aromatic heterocycles. The summed E-state index contributed by atoms with van der Waals surface area (Å²) in [5.74, 6) is 0.00835. The summed E-state index contributed by atoms with van der Waals surface area (Å²) in [6.45, 7) is 3.86. The maximum Gasteiger partial charge on any atom is 0.133 e. The van der Waals surface area contributed by atoms with Gasteiger partial charge in [0.1, 0.15) is 11.6 Å². The maximum absolute atomic E-state index is 14.1. The van der Waals surface area contributed by atoms with Crippen molar-refractivity contribution in [2.45, 2.75) is 58.4 Å². The van der Waals surface area contributed by atoms with Gasteiger partial charge in [0.05, 0.1) is 0 Å². The maximum atomic E-state index is 14.1. The Bertz CT molecular complexity index is 451. The van der Waals surface area contributed by atoms with Crippen molar-refractivity contribution in [1.82, 2.24) is 0 Å². The predicted octanol–water partition coefficient (Wildman–Crippen LogP) is 4.88. The van der Waals surface area contributed by atoms with E-state index in [9.17, 15) is 8.78 Å². The highest BCUT2D eigenvalue weighted by molar-refractivity contribution is 5.29. The molecule has 0 saturated heterocycles. The van der Waals surface area contributed by atoms with Gasteiger partial charge in [0, 0.05) is 11.6 Å². The van der Waals surface area contributed by atoms with E-state index in [1.54, 1.807) is 6.92 Å². The minimum atomic E-state index is -0.516. The van der Waals surface area contributed by atoms with Gasteiger partial charge in [-0.15, -0.1) is 0 Å². The van der Waals surface area contributed by atoms with Crippen LogP contribution < -0.4 is 5.73 Å². The predicted molar refractivity (Wildman–Crippen MR) is 78.4 cm³/mol.